The van der Waals surface area contributed by atoms with Crippen molar-refractivity contribution < 1.29 is 14.7 Å². The summed E-state index contributed by atoms with van der Waals surface area (Å²) in [6, 6.07) is 9.30. The first-order valence-electron chi connectivity index (χ1n) is 5.23. The van der Waals surface area contributed by atoms with E-state index in [2.05, 4.69) is 5.32 Å². The number of carbonyl (C=O) groups excluding carboxylic acids is 1. The maximum atomic E-state index is 11.2. The Morgan fingerprint density at radius 3 is 2.69 bits per heavy atom. The molecule has 84 valence electrons. The summed E-state index contributed by atoms with van der Waals surface area (Å²) < 4.78 is 0. The van der Waals surface area contributed by atoms with E-state index in [0.29, 0.717) is 6.42 Å². The molecule has 4 nitrogen and oxygen atoms in total. The van der Waals surface area contributed by atoms with Crippen molar-refractivity contribution in [2.75, 3.05) is 0 Å². The largest absolute Gasteiger partial charge is 0.481 e. The van der Waals surface area contributed by atoms with Crippen LogP contribution in [0.15, 0.2) is 30.3 Å². The summed E-state index contributed by atoms with van der Waals surface area (Å²) in [6.45, 7) is 0. The summed E-state index contributed by atoms with van der Waals surface area (Å²) in [5.74, 6) is -1.68. The number of hydrogen-bond acceptors (Lipinski definition) is 2. The Morgan fingerprint density at radius 1 is 1.38 bits per heavy atom. The highest BCUT2D eigenvalue weighted by atomic mass is 16.4. The second kappa shape index (κ2) is 4.35. The molecule has 1 aliphatic heterocycles. The summed E-state index contributed by atoms with van der Waals surface area (Å²) in [7, 11) is 0. The van der Waals surface area contributed by atoms with E-state index in [1.54, 1.807) is 0 Å². The van der Waals surface area contributed by atoms with Gasteiger partial charge in [0, 0.05) is 12.5 Å². The number of benzene rings is 1. The topological polar surface area (TPSA) is 66.4 Å². The standard InChI is InChI=1S/C12H13NO3/c14-11-7-9(12(15)16)10(13-11)6-8-4-2-1-3-5-8/h1-5,9-10H,6-7H2,(H,13,14)(H,15,16). The molecule has 2 rings (SSSR count). The highest BCUT2D eigenvalue weighted by Crippen LogP contribution is 2.20. The van der Waals surface area contributed by atoms with Gasteiger partial charge in [-0.3, -0.25) is 9.59 Å². The van der Waals surface area contributed by atoms with Crippen LogP contribution in [0.4, 0.5) is 0 Å². The Balaban J connectivity index is 2.09. The average molecular weight is 219 g/mol. The van der Waals surface area contributed by atoms with E-state index in [-0.39, 0.29) is 18.4 Å². The van der Waals surface area contributed by atoms with Crippen LogP contribution in [-0.2, 0) is 16.0 Å². The fourth-order valence-electron chi connectivity index (χ4n) is 2.03. The van der Waals surface area contributed by atoms with Crippen LogP contribution < -0.4 is 5.32 Å². The molecule has 2 N–H and O–H groups in total. The minimum absolute atomic E-state index is 0.0901. The van der Waals surface area contributed by atoms with E-state index in [1.165, 1.54) is 0 Å². The van der Waals surface area contributed by atoms with Gasteiger partial charge < -0.3 is 10.4 Å². The van der Waals surface area contributed by atoms with Crippen LogP contribution >= 0.6 is 0 Å². The van der Waals surface area contributed by atoms with Gasteiger partial charge in [-0.15, -0.1) is 0 Å². The molecule has 0 saturated carbocycles. The van der Waals surface area contributed by atoms with E-state index in [9.17, 15) is 9.59 Å². The second-order valence-corrected chi connectivity index (χ2v) is 4.01. The van der Waals surface area contributed by atoms with Crippen molar-refractivity contribution >= 4 is 11.9 Å². The molecule has 2 atom stereocenters. The zero-order valence-corrected chi connectivity index (χ0v) is 8.72. The van der Waals surface area contributed by atoms with Gasteiger partial charge in [-0.25, -0.2) is 0 Å². The van der Waals surface area contributed by atoms with Gasteiger partial charge in [-0.2, -0.15) is 0 Å². The number of carboxylic acid groups (broad SMARTS) is 1. The zero-order chi connectivity index (χ0) is 11.5. The fraction of sp³-hybridized carbons (Fsp3) is 0.333. The van der Waals surface area contributed by atoms with Crippen molar-refractivity contribution in [2.24, 2.45) is 5.92 Å². The molecule has 0 spiro atoms. The number of amides is 1. The Hall–Kier alpha value is -1.84. The van der Waals surface area contributed by atoms with Crippen molar-refractivity contribution in [2.45, 2.75) is 18.9 Å². The maximum absolute atomic E-state index is 11.2. The van der Waals surface area contributed by atoms with Crippen LogP contribution in [0, 0.1) is 5.92 Å². The van der Waals surface area contributed by atoms with E-state index >= 15 is 0 Å². The summed E-state index contributed by atoms with van der Waals surface area (Å²) in [5.41, 5.74) is 1.04. The molecule has 1 aliphatic rings. The molecular formula is C12H13NO3. The van der Waals surface area contributed by atoms with Gasteiger partial charge >= 0.3 is 5.97 Å². The first-order valence-corrected chi connectivity index (χ1v) is 5.23. The smallest absolute Gasteiger partial charge is 0.309 e. The van der Waals surface area contributed by atoms with Crippen LogP contribution in [0.25, 0.3) is 0 Å². The quantitative estimate of drug-likeness (QED) is 0.790. The van der Waals surface area contributed by atoms with Gasteiger partial charge in [-0.1, -0.05) is 30.3 Å². The van der Waals surface area contributed by atoms with Crippen LogP contribution in [0.1, 0.15) is 12.0 Å². The molecule has 1 fully saturated rings. The normalized spacial score (nSPS) is 24.1. The van der Waals surface area contributed by atoms with Crippen molar-refractivity contribution in [1.29, 1.82) is 0 Å². The molecule has 0 radical (unpaired) electrons. The van der Waals surface area contributed by atoms with Gasteiger partial charge in [0.1, 0.15) is 0 Å². The molecule has 1 aromatic rings. The lowest BCUT2D eigenvalue weighted by Gasteiger charge is -2.15. The molecule has 1 amide bonds. The van der Waals surface area contributed by atoms with Gasteiger partial charge in [0.25, 0.3) is 0 Å². The highest BCUT2D eigenvalue weighted by Gasteiger charge is 2.37. The summed E-state index contributed by atoms with van der Waals surface area (Å²) in [6.07, 6.45) is 0.663. The molecule has 2 unspecified atom stereocenters. The minimum atomic E-state index is -0.903. The Morgan fingerprint density at radius 2 is 2.06 bits per heavy atom. The van der Waals surface area contributed by atoms with Crippen LogP contribution in [0.2, 0.25) is 0 Å². The third-order valence-electron chi connectivity index (χ3n) is 2.85. The number of nitrogens with one attached hydrogen (secondary N) is 1. The summed E-state index contributed by atoms with van der Waals surface area (Å²) >= 11 is 0. The van der Waals surface area contributed by atoms with Gasteiger partial charge in [0.15, 0.2) is 0 Å². The number of hydrogen-bond donors (Lipinski definition) is 2. The number of rotatable bonds is 3. The van der Waals surface area contributed by atoms with Gasteiger partial charge in [-0.05, 0) is 12.0 Å². The average Bonchev–Trinajstić information content (AvgIpc) is 2.61. The van der Waals surface area contributed by atoms with Gasteiger partial charge in [0.2, 0.25) is 5.91 Å². The first kappa shape index (κ1) is 10.7. The fourth-order valence-corrected chi connectivity index (χ4v) is 2.03. The molecular weight excluding hydrogens is 206 g/mol. The molecule has 16 heavy (non-hydrogen) atoms. The maximum Gasteiger partial charge on any atom is 0.309 e. The highest BCUT2D eigenvalue weighted by molar-refractivity contribution is 5.86. The number of carbonyl (C=O) groups is 2. The van der Waals surface area contributed by atoms with E-state index < -0.39 is 11.9 Å². The molecule has 1 aromatic carbocycles. The van der Waals surface area contributed by atoms with E-state index in [0.717, 1.165) is 5.56 Å². The number of carboxylic acids is 1. The second-order valence-electron chi connectivity index (χ2n) is 4.01. The van der Waals surface area contributed by atoms with E-state index in [1.807, 2.05) is 30.3 Å². The van der Waals surface area contributed by atoms with Crippen LogP contribution in [0.3, 0.4) is 0 Å². The van der Waals surface area contributed by atoms with Crippen molar-refractivity contribution in [3.63, 3.8) is 0 Å². The molecule has 1 saturated heterocycles. The molecule has 0 aromatic heterocycles. The zero-order valence-electron chi connectivity index (χ0n) is 8.72. The molecule has 0 aliphatic carbocycles. The first-order chi connectivity index (χ1) is 7.66. The summed E-state index contributed by atoms with van der Waals surface area (Å²) in [4.78, 5) is 22.1. The van der Waals surface area contributed by atoms with Crippen LogP contribution in [-0.4, -0.2) is 23.0 Å². The SMILES string of the molecule is O=C1CC(C(=O)O)C(Cc2ccccc2)N1. The van der Waals surface area contributed by atoms with E-state index in [4.69, 9.17) is 5.11 Å². The third-order valence-corrected chi connectivity index (χ3v) is 2.85. The van der Waals surface area contributed by atoms with Crippen molar-refractivity contribution in [3.05, 3.63) is 35.9 Å². The lowest BCUT2D eigenvalue weighted by Crippen LogP contribution is -2.34. The predicted molar refractivity (Wildman–Crippen MR) is 57.8 cm³/mol. The Labute approximate surface area is 93.3 Å². The van der Waals surface area contributed by atoms with Crippen molar-refractivity contribution in [3.8, 4) is 0 Å². The molecule has 1 heterocycles. The Kier molecular flexibility index (Phi) is 2.90. The lowest BCUT2D eigenvalue weighted by molar-refractivity contribution is -0.142. The molecule has 4 heteroatoms. The monoisotopic (exact) mass is 219 g/mol. The molecule has 0 bridgehead atoms. The summed E-state index contributed by atoms with van der Waals surface area (Å²) in [5, 5.41) is 11.7. The predicted octanol–water partition coefficient (Wildman–Crippen LogP) is 0.818. The lowest BCUT2D eigenvalue weighted by atomic mass is 9.95. The van der Waals surface area contributed by atoms with Crippen LogP contribution in [0.5, 0.6) is 0 Å². The minimum Gasteiger partial charge on any atom is -0.481 e. The Bertz CT molecular complexity index is 402. The number of aliphatic carboxylic acids is 1. The van der Waals surface area contributed by atoms with Crippen molar-refractivity contribution in [1.82, 2.24) is 5.32 Å². The van der Waals surface area contributed by atoms with Gasteiger partial charge in [0.05, 0.1) is 5.92 Å². The third kappa shape index (κ3) is 2.21.